The van der Waals surface area contributed by atoms with Crippen molar-refractivity contribution >= 4 is 5.97 Å². The van der Waals surface area contributed by atoms with Gasteiger partial charge >= 0.3 is 82.9 Å². The van der Waals surface area contributed by atoms with Crippen LogP contribution in [0.25, 0.3) is 0 Å². The van der Waals surface area contributed by atoms with Crippen molar-refractivity contribution in [1.29, 1.82) is 0 Å². The van der Waals surface area contributed by atoms with Crippen molar-refractivity contribution < 1.29 is 119 Å². The molecule has 0 N–H and O–H groups in total. The molecular formula is C17H5F25O2. The molecule has 0 aromatic rings. The molecule has 27 heteroatoms. The van der Waals surface area contributed by atoms with Crippen molar-refractivity contribution in [3.8, 4) is 0 Å². The molecule has 0 spiro atoms. The monoisotopic (exact) mass is 716 g/mol. The van der Waals surface area contributed by atoms with Gasteiger partial charge in [0.15, 0.2) is 0 Å². The van der Waals surface area contributed by atoms with E-state index in [9.17, 15) is 115 Å². The lowest BCUT2D eigenvalue weighted by molar-refractivity contribution is -0.486. The molecule has 0 aromatic heterocycles. The highest BCUT2D eigenvalue weighted by Gasteiger charge is 3.07. The topological polar surface area (TPSA) is 26.3 Å². The maximum absolute atomic E-state index is 15.0. The standard InChI is InChI=1S/C17H5F25O2/c1-3(2)4(43)44-17(41,42)16(39,40)11(29,30)8(23,24)5(18)6(19,20)9(25,26)12(31,32)14(35,36)15(37,38)13(33,34)10(27,28)7(5,21)22/h1H2,2H3. The van der Waals surface area contributed by atoms with Crippen molar-refractivity contribution in [3.63, 3.8) is 0 Å². The van der Waals surface area contributed by atoms with Crippen molar-refractivity contribution in [3.05, 3.63) is 12.2 Å². The molecule has 2 nitrogen and oxygen atoms in total. The van der Waals surface area contributed by atoms with Gasteiger partial charge in [-0.25, -0.2) is 9.18 Å². The Hall–Kier alpha value is -2.54. The Bertz CT molecular complexity index is 1130. The molecule has 260 valence electrons. The zero-order valence-corrected chi connectivity index (χ0v) is 19.5. The first kappa shape index (κ1) is 39.5. The Morgan fingerprint density at radius 1 is 0.477 bits per heavy atom. The number of alkyl halides is 25. The van der Waals surface area contributed by atoms with Crippen molar-refractivity contribution in [2.24, 2.45) is 0 Å². The van der Waals surface area contributed by atoms with Crippen LogP contribution in [0.2, 0.25) is 0 Å². The first-order valence-corrected chi connectivity index (χ1v) is 9.69. The van der Waals surface area contributed by atoms with Gasteiger partial charge in [0.05, 0.1) is 0 Å². The molecule has 0 atom stereocenters. The van der Waals surface area contributed by atoms with Gasteiger partial charge in [0.25, 0.3) is 0 Å². The average Bonchev–Trinajstić information content (AvgIpc) is 2.80. The minimum atomic E-state index is -10.4. The van der Waals surface area contributed by atoms with Crippen LogP contribution in [0.5, 0.6) is 0 Å². The van der Waals surface area contributed by atoms with E-state index in [1.54, 1.807) is 0 Å². The van der Waals surface area contributed by atoms with Gasteiger partial charge in [0, 0.05) is 5.57 Å². The van der Waals surface area contributed by atoms with E-state index < -0.39 is 88.5 Å². The summed E-state index contributed by atoms with van der Waals surface area (Å²) in [7, 11) is 0. The minimum absolute atomic E-state index is 0.133. The average molecular weight is 716 g/mol. The highest BCUT2D eigenvalue weighted by Crippen LogP contribution is 2.74. The SMILES string of the molecule is C=C(C)C(=O)OC(F)(F)C(F)(F)C(F)(F)C(F)(F)C1(F)C(F)(F)C(F)(F)C(F)(F)C(F)(F)C(F)(F)C(F)(F)C(F)(F)C1(F)F. The summed E-state index contributed by atoms with van der Waals surface area (Å²) < 4.78 is 351. The van der Waals surface area contributed by atoms with Crippen LogP contribution in [0.4, 0.5) is 110 Å². The van der Waals surface area contributed by atoms with Gasteiger partial charge < -0.3 is 4.74 Å². The molecule has 0 unspecified atom stereocenters. The first-order valence-electron chi connectivity index (χ1n) is 9.69. The molecule has 0 aromatic carbocycles. The summed E-state index contributed by atoms with van der Waals surface area (Å²) in [5.74, 6) is -109. The molecule has 1 rings (SSSR count). The van der Waals surface area contributed by atoms with Gasteiger partial charge in [-0.1, -0.05) is 6.58 Å². The molecule has 0 heterocycles. The van der Waals surface area contributed by atoms with E-state index in [-0.39, 0.29) is 6.92 Å². The number of hydrogen-bond acceptors (Lipinski definition) is 2. The Labute approximate surface area is 222 Å². The number of carbonyl (C=O) groups is 1. The normalized spacial score (nSPS) is 26.9. The number of carbonyl (C=O) groups excluding carboxylic acids is 1. The van der Waals surface area contributed by atoms with Gasteiger partial charge in [0.1, 0.15) is 0 Å². The van der Waals surface area contributed by atoms with Crippen LogP contribution in [-0.2, 0) is 9.53 Å². The highest BCUT2D eigenvalue weighted by atomic mass is 19.4. The molecule has 1 aliphatic rings. The van der Waals surface area contributed by atoms with E-state index in [0.717, 1.165) is 0 Å². The lowest BCUT2D eigenvalue weighted by atomic mass is 9.73. The fourth-order valence-corrected chi connectivity index (χ4v) is 3.07. The maximum Gasteiger partial charge on any atom is 0.473 e. The summed E-state index contributed by atoms with van der Waals surface area (Å²) in [5, 5.41) is 0. The summed E-state index contributed by atoms with van der Waals surface area (Å²) in [5.41, 5.74) is -12.0. The second-order valence-corrected chi connectivity index (χ2v) is 8.66. The van der Waals surface area contributed by atoms with E-state index >= 15 is 0 Å². The molecule has 0 bridgehead atoms. The van der Waals surface area contributed by atoms with Gasteiger partial charge in [-0.2, -0.15) is 105 Å². The zero-order valence-electron chi connectivity index (χ0n) is 19.5. The van der Waals surface area contributed by atoms with Crippen molar-refractivity contribution in [1.82, 2.24) is 0 Å². The van der Waals surface area contributed by atoms with Crippen LogP contribution in [0.1, 0.15) is 6.92 Å². The second kappa shape index (κ2) is 9.27. The Morgan fingerprint density at radius 2 is 0.705 bits per heavy atom. The number of hydrogen-bond donors (Lipinski definition) is 0. The number of esters is 1. The molecule has 1 saturated carbocycles. The molecule has 1 aliphatic carbocycles. The minimum Gasteiger partial charge on any atom is -0.393 e. The third-order valence-corrected chi connectivity index (χ3v) is 5.78. The van der Waals surface area contributed by atoms with E-state index in [2.05, 4.69) is 11.3 Å². The van der Waals surface area contributed by atoms with Crippen LogP contribution >= 0.6 is 0 Å². The number of halogens is 25. The third kappa shape index (κ3) is 3.83. The Kier molecular flexibility index (Phi) is 8.31. The molecular weight excluding hydrogens is 711 g/mol. The summed E-state index contributed by atoms with van der Waals surface area (Å²) in [4.78, 5) is 10.9. The van der Waals surface area contributed by atoms with E-state index in [0.29, 0.717) is 0 Å². The van der Waals surface area contributed by atoms with E-state index in [4.69, 9.17) is 0 Å². The molecule has 44 heavy (non-hydrogen) atoms. The van der Waals surface area contributed by atoms with Crippen LogP contribution in [0.3, 0.4) is 0 Å². The summed E-state index contributed by atoms with van der Waals surface area (Å²) in [6, 6.07) is 0. The van der Waals surface area contributed by atoms with Gasteiger partial charge in [-0.3, -0.25) is 0 Å². The molecule has 1 fully saturated rings. The van der Waals surface area contributed by atoms with Crippen LogP contribution in [0, 0.1) is 0 Å². The zero-order chi connectivity index (χ0) is 36.4. The Morgan fingerprint density at radius 3 is 0.932 bits per heavy atom. The van der Waals surface area contributed by atoms with Gasteiger partial charge in [0.2, 0.25) is 0 Å². The molecule has 0 amide bonds. The van der Waals surface area contributed by atoms with Gasteiger partial charge in [-0.15, -0.1) is 0 Å². The van der Waals surface area contributed by atoms with Crippen LogP contribution < -0.4 is 0 Å². The lowest BCUT2D eigenvalue weighted by Gasteiger charge is -2.50. The summed E-state index contributed by atoms with van der Waals surface area (Å²) in [6.45, 7) is 2.42. The van der Waals surface area contributed by atoms with E-state index in [1.165, 1.54) is 0 Å². The smallest absolute Gasteiger partial charge is 0.393 e. The second-order valence-electron chi connectivity index (χ2n) is 8.66. The first-order chi connectivity index (χ1) is 18.6. The van der Waals surface area contributed by atoms with Crippen molar-refractivity contribution in [2.75, 3.05) is 0 Å². The third-order valence-electron chi connectivity index (χ3n) is 5.78. The number of rotatable bonds is 6. The summed E-state index contributed by atoms with van der Waals surface area (Å²) in [6.07, 6.45) is -7.87. The summed E-state index contributed by atoms with van der Waals surface area (Å²) >= 11 is 0. The fourth-order valence-electron chi connectivity index (χ4n) is 3.07. The largest absolute Gasteiger partial charge is 0.473 e. The fraction of sp³-hybridized carbons (Fsp3) is 0.824. The lowest BCUT2D eigenvalue weighted by Crippen LogP contribution is -2.83. The molecule has 0 aliphatic heterocycles. The quantitative estimate of drug-likeness (QED) is 0.157. The van der Waals surface area contributed by atoms with Crippen LogP contribution in [0.15, 0.2) is 12.2 Å². The predicted molar refractivity (Wildman–Crippen MR) is 84.1 cm³/mol. The Balaban J connectivity index is 4.58. The predicted octanol–water partition coefficient (Wildman–Crippen LogP) is 8.41. The molecule has 0 radical (unpaired) electrons. The van der Waals surface area contributed by atoms with Crippen molar-refractivity contribution in [2.45, 2.75) is 83.8 Å². The number of ether oxygens (including phenoxy) is 1. The van der Waals surface area contributed by atoms with Gasteiger partial charge in [-0.05, 0) is 6.92 Å². The molecule has 0 saturated heterocycles. The van der Waals surface area contributed by atoms with Crippen LogP contribution in [-0.4, -0.2) is 82.9 Å². The highest BCUT2D eigenvalue weighted by molar-refractivity contribution is 5.87. The maximum atomic E-state index is 15.0. The van der Waals surface area contributed by atoms with E-state index in [1.807, 2.05) is 0 Å².